The zero-order valence-corrected chi connectivity index (χ0v) is 12.6. The number of rotatable bonds is 6. The van der Waals surface area contributed by atoms with Crippen molar-refractivity contribution in [2.24, 2.45) is 0 Å². The van der Waals surface area contributed by atoms with Gasteiger partial charge in [-0.25, -0.2) is 4.79 Å². The molecule has 1 amide bonds. The molecular weight excluding hydrogens is 230 g/mol. The Kier molecular flexibility index (Phi) is 6.96. The highest BCUT2D eigenvalue weighted by molar-refractivity contribution is 5.75. The van der Waals surface area contributed by atoms with Gasteiger partial charge in [0.1, 0.15) is 11.4 Å². The molecule has 0 aliphatic heterocycles. The van der Waals surface area contributed by atoms with E-state index in [1.165, 1.54) is 0 Å². The maximum Gasteiger partial charge on any atom is 0.410 e. The zero-order valence-electron chi connectivity index (χ0n) is 12.6. The molecule has 0 aliphatic carbocycles. The smallest absolute Gasteiger partial charge is 0.410 e. The number of Topliss-reactive ketones (excluding diaryl/α,β-unsaturated/α-hetero) is 1. The largest absolute Gasteiger partial charge is 0.444 e. The van der Waals surface area contributed by atoms with Crippen LogP contribution in [0.3, 0.4) is 0 Å². The highest BCUT2D eigenvalue weighted by Gasteiger charge is 2.24. The fraction of sp³-hybridized carbons (Fsp3) is 0.857. The first-order chi connectivity index (χ1) is 8.17. The predicted octanol–water partition coefficient (Wildman–Crippen LogP) is 3.39. The van der Waals surface area contributed by atoms with Crippen LogP contribution in [0, 0.1) is 0 Å². The lowest BCUT2D eigenvalue weighted by Gasteiger charge is -2.30. The number of carbonyl (C=O) groups is 2. The normalized spacial score (nSPS) is 13.0. The molecule has 0 heterocycles. The molecule has 1 atom stereocenters. The van der Waals surface area contributed by atoms with Crippen LogP contribution in [0.1, 0.15) is 60.3 Å². The Morgan fingerprint density at radius 3 is 2.22 bits per heavy atom. The van der Waals surface area contributed by atoms with Crippen molar-refractivity contribution in [1.82, 2.24) is 4.90 Å². The van der Waals surface area contributed by atoms with E-state index >= 15 is 0 Å². The topological polar surface area (TPSA) is 46.6 Å². The fourth-order valence-electron chi connectivity index (χ4n) is 1.74. The number of ketones is 1. The second kappa shape index (κ2) is 7.39. The third kappa shape index (κ3) is 7.30. The minimum Gasteiger partial charge on any atom is -0.444 e. The lowest BCUT2D eigenvalue weighted by molar-refractivity contribution is -0.117. The van der Waals surface area contributed by atoms with Crippen LogP contribution in [0.5, 0.6) is 0 Å². The summed E-state index contributed by atoms with van der Waals surface area (Å²) in [4.78, 5) is 24.4. The molecule has 4 nitrogen and oxygen atoms in total. The van der Waals surface area contributed by atoms with Crippen LogP contribution in [0.2, 0.25) is 0 Å². The monoisotopic (exact) mass is 257 g/mol. The molecule has 0 spiro atoms. The van der Waals surface area contributed by atoms with E-state index in [1.54, 1.807) is 18.9 Å². The van der Waals surface area contributed by atoms with E-state index in [-0.39, 0.29) is 17.9 Å². The van der Waals surface area contributed by atoms with Gasteiger partial charge in [-0.2, -0.15) is 0 Å². The van der Waals surface area contributed by atoms with Crippen LogP contribution in [0.4, 0.5) is 4.79 Å². The average Bonchev–Trinajstić information content (AvgIpc) is 2.20. The van der Waals surface area contributed by atoms with Crippen molar-refractivity contribution in [3.63, 3.8) is 0 Å². The van der Waals surface area contributed by atoms with Crippen molar-refractivity contribution in [2.45, 2.75) is 71.9 Å². The number of hydrogen-bond acceptors (Lipinski definition) is 3. The summed E-state index contributed by atoms with van der Waals surface area (Å²) in [5.74, 6) is 0.199. The molecule has 0 unspecified atom stereocenters. The first-order valence-corrected chi connectivity index (χ1v) is 6.62. The van der Waals surface area contributed by atoms with Crippen LogP contribution in [0.15, 0.2) is 0 Å². The lowest BCUT2D eigenvalue weighted by atomic mass is 10.1. The summed E-state index contributed by atoms with van der Waals surface area (Å²) in [5, 5.41) is 0. The van der Waals surface area contributed by atoms with Gasteiger partial charge in [0, 0.05) is 19.5 Å². The van der Waals surface area contributed by atoms with Gasteiger partial charge in [0.15, 0.2) is 0 Å². The predicted molar refractivity (Wildman–Crippen MR) is 72.6 cm³/mol. The number of nitrogens with zero attached hydrogens (tertiary/aromatic N) is 1. The average molecular weight is 257 g/mol. The quantitative estimate of drug-likeness (QED) is 0.732. The van der Waals surface area contributed by atoms with E-state index < -0.39 is 5.60 Å². The van der Waals surface area contributed by atoms with Crippen molar-refractivity contribution in [1.29, 1.82) is 0 Å². The number of carbonyl (C=O) groups excluding carboxylic acids is 2. The SMILES string of the molecule is CC[C@H](CCCC(C)=O)N(C)C(=O)OC(C)(C)C. The van der Waals surface area contributed by atoms with Crippen LogP contribution >= 0.6 is 0 Å². The van der Waals surface area contributed by atoms with Crippen molar-refractivity contribution in [2.75, 3.05) is 7.05 Å². The highest BCUT2D eigenvalue weighted by Crippen LogP contribution is 2.15. The molecule has 0 saturated heterocycles. The molecule has 4 heteroatoms. The van der Waals surface area contributed by atoms with Gasteiger partial charge in [-0.1, -0.05) is 6.92 Å². The number of amides is 1. The molecule has 0 aromatic carbocycles. The fourth-order valence-corrected chi connectivity index (χ4v) is 1.74. The summed E-state index contributed by atoms with van der Waals surface area (Å²) in [5.41, 5.74) is -0.469. The first kappa shape index (κ1) is 16.9. The zero-order chi connectivity index (χ0) is 14.3. The van der Waals surface area contributed by atoms with Gasteiger partial charge in [-0.15, -0.1) is 0 Å². The van der Waals surface area contributed by atoms with E-state index in [2.05, 4.69) is 0 Å². The Labute approximate surface area is 111 Å². The van der Waals surface area contributed by atoms with Gasteiger partial charge in [0.2, 0.25) is 0 Å². The van der Waals surface area contributed by atoms with E-state index in [0.29, 0.717) is 6.42 Å². The molecular formula is C14H27NO3. The molecule has 0 aromatic heterocycles. The van der Waals surface area contributed by atoms with E-state index in [9.17, 15) is 9.59 Å². The second-order valence-corrected chi connectivity index (χ2v) is 5.75. The van der Waals surface area contributed by atoms with Crippen LogP contribution in [-0.2, 0) is 9.53 Å². The summed E-state index contributed by atoms with van der Waals surface area (Å²) in [6.45, 7) is 9.21. The van der Waals surface area contributed by atoms with Crippen molar-refractivity contribution in [3.8, 4) is 0 Å². The van der Waals surface area contributed by atoms with Crippen LogP contribution in [-0.4, -0.2) is 35.5 Å². The lowest BCUT2D eigenvalue weighted by Crippen LogP contribution is -2.40. The van der Waals surface area contributed by atoms with Crippen LogP contribution in [0.25, 0.3) is 0 Å². The second-order valence-electron chi connectivity index (χ2n) is 5.75. The molecule has 18 heavy (non-hydrogen) atoms. The summed E-state index contributed by atoms with van der Waals surface area (Å²) in [7, 11) is 1.76. The molecule has 0 rings (SSSR count). The molecule has 0 saturated carbocycles. The molecule has 0 fully saturated rings. The molecule has 0 N–H and O–H groups in total. The minimum atomic E-state index is -0.469. The summed E-state index contributed by atoms with van der Waals surface area (Å²) in [6.07, 6.45) is 2.82. The van der Waals surface area contributed by atoms with Crippen LogP contribution < -0.4 is 0 Å². The van der Waals surface area contributed by atoms with E-state index in [4.69, 9.17) is 4.74 Å². The van der Waals surface area contributed by atoms with Crippen molar-refractivity contribution in [3.05, 3.63) is 0 Å². The molecule has 0 aromatic rings. The first-order valence-electron chi connectivity index (χ1n) is 6.62. The Balaban J connectivity index is 4.28. The third-order valence-corrected chi connectivity index (χ3v) is 2.77. The molecule has 0 radical (unpaired) electrons. The Morgan fingerprint density at radius 1 is 1.28 bits per heavy atom. The van der Waals surface area contributed by atoms with Gasteiger partial charge in [0.05, 0.1) is 0 Å². The molecule has 106 valence electrons. The maximum absolute atomic E-state index is 11.9. The highest BCUT2D eigenvalue weighted by atomic mass is 16.6. The van der Waals surface area contributed by atoms with E-state index in [1.807, 2.05) is 27.7 Å². The number of ether oxygens (including phenoxy) is 1. The van der Waals surface area contributed by atoms with Gasteiger partial charge in [0.25, 0.3) is 0 Å². The Bertz CT molecular complexity index is 281. The molecule has 0 aliphatic rings. The minimum absolute atomic E-state index is 0.138. The summed E-state index contributed by atoms with van der Waals surface area (Å²) >= 11 is 0. The molecule has 0 bridgehead atoms. The summed E-state index contributed by atoms with van der Waals surface area (Å²) < 4.78 is 5.33. The van der Waals surface area contributed by atoms with Crippen molar-refractivity contribution < 1.29 is 14.3 Å². The van der Waals surface area contributed by atoms with Crippen molar-refractivity contribution >= 4 is 11.9 Å². The third-order valence-electron chi connectivity index (χ3n) is 2.77. The number of hydrogen-bond donors (Lipinski definition) is 0. The Hall–Kier alpha value is -1.06. The van der Waals surface area contributed by atoms with Gasteiger partial charge >= 0.3 is 6.09 Å². The van der Waals surface area contributed by atoms with Gasteiger partial charge in [-0.05, 0) is 47.0 Å². The Morgan fingerprint density at radius 2 is 1.83 bits per heavy atom. The van der Waals surface area contributed by atoms with Gasteiger partial charge in [-0.3, -0.25) is 0 Å². The van der Waals surface area contributed by atoms with Gasteiger partial charge < -0.3 is 14.4 Å². The summed E-state index contributed by atoms with van der Waals surface area (Å²) in [6, 6.07) is 0.138. The standard InChI is InChI=1S/C14H27NO3/c1-7-12(10-8-9-11(2)16)15(6)13(17)18-14(3,4)5/h12H,7-10H2,1-6H3/t12-/m1/s1. The van der Waals surface area contributed by atoms with E-state index in [0.717, 1.165) is 19.3 Å². The maximum atomic E-state index is 11.9.